The van der Waals surface area contributed by atoms with Gasteiger partial charge in [0.15, 0.2) is 0 Å². The van der Waals surface area contributed by atoms with Crippen molar-refractivity contribution in [2.45, 2.75) is 39.5 Å². The number of ether oxygens (including phenoxy) is 2. The van der Waals surface area contributed by atoms with Crippen LogP contribution in [0.15, 0.2) is 0 Å². The minimum atomic E-state index is -0.247. The summed E-state index contributed by atoms with van der Waals surface area (Å²) in [6.45, 7) is 7.01. The summed E-state index contributed by atoms with van der Waals surface area (Å²) in [4.78, 5) is 13.4. The normalized spacial score (nSPS) is 11.4. The van der Waals surface area contributed by atoms with Crippen LogP contribution < -0.4 is 0 Å². The summed E-state index contributed by atoms with van der Waals surface area (Å²) in [6, 6.07) is 2.32. The van der Waals surface area contributed by atoms with Crippen molar-refractivity contribution in [2.24, 2.45) is 5.41 Å². The molecule has 0 heterocycles. The SMILES string of the molecule is COCCN(CCCCC(C)(C)C#N)CCC(=O)OC. The smallest absolute Gasteiger partial charge is 0.306 e. The van der Waals surface area contributed by atoms with Crippen LogP contribution >= 0.6 is 0 Å². The van der Waals surface area contributed by atoms with Crippen LogP contribution in [0.1, 0.15) is 39.5 Å². The van der Waals surface area contributed by atoms with Gasteiger partial charge >= 0.3 is 5.97 Å². The average molecular weight is 284 g/mol. The number of unbranched alkanes of at least 4 members (excludes halogenated alkanes) is 1. The van der Waals surface area contributed by atoms with E-state index in [1.165, 1.54) is 7.11 Å². The van der Waals surface area contributed by atoms with Crippen LogP contribution in [0.4, 0.5) is 0 Å². The fourth-order valence-corrected chi connectivity index (χ4v) is 1.87. The first-order valence-electron chi connectivity index (χ1n) is 7.14. The summed E-state index contributed by atoms with van der Waals surface area (Å²) in [7, 11) is 3.08. The highest BCUT2D eigenvalue weighted by molar-refractivity contribution is 5.69. The molecule has 0 aromatic heterocycles. The molecule has 0 unspecified atom stereocenters. The van der Waals surface area contributed by atoms with Crippen molar-refractivity contribution in [1.82, 2.24) is 4.90 Å². The zero-order chi connectivity index (χ0) is 15.4. The average Bonchev–Trinajstić information content (AvgIpc) is 2.44. The van der Waals surface area contributed by atoms with Crippen molar-refractivity contribution in [3.63, 3.8) is 0 Å². The van der Waals surface area contributed by atoms with Gasteiger partial charge in [-0.25, -0.2) is 0 Å². The van der Waals surface area contributed by atoms with Crippen LogP contribution in [-0.4, -0.2) is 51.3 Å². The molecule has 0 spiro atoms. The maximum absolute atomic E-state index is 11.2. The number of carbonyl (C=O) groups is 1. The van der Waals surface area contributed by atoms with Gasteiger partial charge < -0.3 is 14.4 Å². The lowest BCUT2D eigenvalue weighted by Gasteiger charge is -2.22. The molecule has 0 aliphatic rings. The summed E-state index contributed by atoms with van der Waals surface area (Å²) < 4.78 is 9.74. The molecular weight excluding hydrogens is 256 g/mol. The van der Waals surface area contributed by atoms with E-state index in [2.05, 4.69) is 15.7 Å². The Morgan fingerprint density at radius 1 is 1.20 bits per heavy atom. The van der Waals surface area contributed by atoms with Crippen LogP contribution in [0.5, 0.6) is 0 Å². The molecule has 0 saturated heterocycles. The van der Waals surface area contributed by atoms with E-state index in [0.29, 0.717) is 19.6 Å². The molecule has 0 N–H and O–H groups in total. The minimum absolute atomic E-state index is 0.182. The summed E-state index contributed by atoms with van der Waals surface area (Å²) in [6.07, 6.45) is 3.35. The summed E-state index contributed by atoms with van der Waals surface area (Å²) >= 11 is 0. The molecule has 5 heteroatoms. The van der Waals surface area contributed by atoms with E-state index < -0.39 is 0 Å². The Labute approximate surface area is 122 Å². The lowest BCUT2D eigenvalue weighted by Crippen LogP contribution is -2.31. The fourth-order valence-electron chi connectivity index (χ4n) is 1.87. The first kappa shape index (κ1) is 18.9. The number of rotatable bonds is 11. The molecule has 0 fully saturated rings. The van der Waals surface area contributed by atoms with Gasteiger partial charge in [-0.1, -0.05) is 6.42 Å². The van der Waals surface area contributed by atoms with Crippen LogP contribution in [0.2, 0.25) is 0 Å². The van der Waals surface area contributed by atoms with Crippen molar-refractivity contribution in [3.05, 3.63) is 0 Å². The van der Waals surface area contributed by atoms with Gasteiger partial charge in [0.05, 0.1) is 31.6 Å². The Bertz CT molecular complexity index is 311. The van der Waals surface area contributed by atoms with Gasteiger partial charge in [0.2, 0.25) is 0 Å². The zero-order valence-electron chi connectivity index (χ0n) is 13.3. The van der Waals surface area contributed by atoms with Crippen LogP contribution in [0.3, 0.4) is 0 Å². The molecule has 0 amide bonds. The molecule has 0 bridgehead atoms. The molecule has 116 valence electrons. The lowest BCUT2D eigenvalue weighted by molar-refractivity contribution is -0.141. The van der Waals surface area contributed by atoms with Gasteiger partial charge in [-0.2, -0.15) is 5.26 Å². The standard InChI is InChI=1S/C15H28N2O3/c1-15(2,13-16)8-5-6-9-17(11-12-19-3)10-7-14(18)20-4/h5-12H2,1-4H3. The summed E-state index contributed by atoms with van der Waals surface area (Å²) in [5.41, 5.74) is -0.247. The molecule has 0 saturated carbocycles. The third-order valence-corrected chi connectivity index (χ3v) is 3.30. The van der Waals surface area contributed by atoms with Gasteiger partial charge in [-0.15, -0.1) is 0 Å². The molecule has 0 radical (unpaired) electrons. The molecule has 0 rings (SSSR count). The van der Waals surface area contributed by atoms with Crippen LogP contribution in [-0.2, 0) is 14.3 Å². The Morgan fingerprint density at radius 3 is 2.45 bits per heavy atom. The van der Waals surface area contributed by atoms with Gasteiger partial charge in [-0.05, 0) is 33.2 Å². The topological polar surface area (TPSA) is 62.6 Å². The third kappa shape index (κ3) is 9.76. The van der Waals surface area contributed by atoms with Crippen molar-refractivity contribution in [1.29, 1.82) is 5.26 Å². The Hall–Kier alpha value is -1.12. The molecule has 5 nitrogen and oxygen atoms in total. The first-order chi connectivity index (χ1) is 9.45. The predicted octanol–water partition coefficient (Wildman–Crippen LogP) is 2.22. The lowest BCUT2D eigenvalue weighted by atomic mass is 9.89. The second kappa shape index (κ2) is 10.6. The number of carbonyl (C=O) groups excluding carboxylic acids is 1. The predicted molar refractivity (Wildman–Crippen MR) is 78.2 cm³/mol. The molecule has 0 aliphatic heterocycles. The maximum atomic E-state index is 11.2. The number of hydrogen-bond acceptors (Lipinski definition) is 5. The van der Waals surface area contributed by atoms with Gasteiger partial charge in [0.25, 0.3) is 0 Å². The monoisotopic (exact) mass is 284 g/mol. The first-order valence-corrected chi connectivity index (χ1v) is 7.14. The van der Waals surface area contributed by atoms with Crippen LogP contribution in [0.25, 0.3) is 0 Å². The second-order valence-corrected chi connectivity index (χ2v) is 5.61. The molecule has 20 heavy (non-hydrogen) atoms. The highest BCUT2D eigenvalue weighted by atomic mass is 16.5. The second-order valence-electron chi connectivity index (χ2n) is 5.61. The van der Waals surface area contributed by atoms with Crippen molar-refractivity contribution < 1.29 is 14.3 Å². The highest BCUT2D eigenvalue weighted by Crippen LogP contribution is 2.21. The number of hydrogen-bond donors (Lipinski definition) is 0. The number of esters is 1. The van der Waals surface area contributed by atoms with E-state index in [1.54, 1.807) is 7.11 Å². The van der Waals surface area contributed by atoms with E-state index >= 15 is 0 Å². The Kier molecular flexibility index (Phi) is 10.0. The van der Waals surface area contributed by atoms with E-state index in [-0.39, 0.29) is 11.4 Å². The zero-order valence-corrected chi connectivity index (χ0v) is 13.3. The third-order valence-electron chi connectivity index (χ3n) is 3.30. The fraction of sp³-hybridized carbons (Fsp3) is 0.867. The van der Waals surface area contributed by atoms with E-state index in [0.717, 1.165) is 32.4 Å². The molecule has 0 aromatic carbocycles. The Balaban J connectivity index is 3.97. The Morgan fingerprint density at radius 2 is 1.90 bits per heavy atom. The van der Waals surface area contributed by atoms with E-state index in [4.69, 9.17) is 10.00 Å². The molecule has 0 atom stereocenters. The van der Waals surface area contributed by atoms with Crippen LogP contribution in [0, 0.1) is 16.7 Å². The quantitative estimate of drug-likeness (QED) is 0.430. The van der Waals surface area contributed by atoms with E-state index in [9.17, 15) is 4.79 Å². The van der Waals surface area contributed by atoms with Gasteiger partial charge in [-0.3, -0.25) is 4.79 Å². The van der Waals surface area contributed by atoms with Crippen molar-refractivity contribution >= 4 is 5.97 Å². The summed E-state index contributed by atoms with van der Waals surface area (Å²) in [5.74, 6) is -0.182. The molecule has 0 aromatic rings. The largest absolute Gasteiger partial charge is 0.469 e. The van der Waals surface area contributed by atoms with Crippen molar-refractivity contribution in [2.75, 3.05) is 40.5 Å². The summed E-state index contributed by atoms with van der Waals surface area (Å²) in [5, 5.41) is 8.96. The van der Waals surface area contributed by atoms with Gasteiger partial charge in [0, 0.05) is 20.2 Å². The maximum Gasteiger partial charge on any atom is 0.306 e. The molecule has 0 aliphatic carbocycles. The molecular formula is C15H28N2O3. The van der Waals surface area contributed by atoms with E-state index in [1.807, 2.05) is 13.8 Å². The number of nitriles is 1. The van der Waals surface area contributed by atoms with Crippen molar-refractivity contribution in [3.8, 4) is 6.07 Å². The number of methoxy groups -OCH3 is 2. The van der Waals surface area contributed by atoms with Gasteiger partial charge in [0.1, 0.15) is 0 Å². The number of nitrogens with zero attached hydrogens (tertiary/aromatic N) is 2. The minimum Gasteiger partial charge on any atom is -0.469 e. The highest BCUT2D eigenvalue weighted by Gasteiger charge is 2.16.